The molecule has 0 radical (unpaired) electrons. The summed E-state index contributed by atoms with van der Waals surface area (Å²) in [6.45, 7) is 6.25. The predicted molar refractivity (Wildman–Crippen MR) is 122 cm³/mol. The number of guanidine groups is 1. The zero-order chi connectivity index (χ0) is 22.2. The Bertz CT molecular complexity index is 856. The molecule has 7 nitrogen and oxygen atoms in total. The number of aliphatic imine (C=N–C) groups is 1. The maximum absolute atomic E-state index is 13.9. The quantitative estimate of drug-likeness (QED) is 0.494. The van der Waals surface area contributed by atoms with E-state index in [9.17, 15) is 4.39 Å². The molecule has 1 aliphatic heterocycles. The van der Waals surface area contributed by atoms with Gasteiger partial charge in [-0.1, -0.05) is 12.1 Å². The van der Waals surface area contributed by atoms with Gasteiger partial charge in [-0.05, 0) is 24.6 Å². The molecule has 0 saturated carbocycles. The number of methoxy groups -OCH3 is 1. The second-order valence-electron chi connectivity index (χ2n) is 7.56. The van der Waals surface area contributed by atoms with Crippen molar-refractivity contribution in [1.82, 2.24) is 20.1 Å². The average molecular weight is 450 g/mol. The molecule has 31 heavy (non-hydrogen) atoms. The molecular weight excluding hydrogens is 417 g/mol. The summed E-state index contributed by atoms with van der Waals surface area (Å²) in [5.74, 6) is 0.547. The van der Waals surface area contributed by atoms with Gasteiger partial charge in [0, 0.05) is 46.2 Å². The molecule has 0 aliphatic carbocycles. The Balaban J connectivity index is 1.66. The summed E-state index contributed by atoms with van der Waals surface area (Å²) in [5.41, 5.74) is 1.93. The largest absolute Gasteiger partial charge is 0.379 e. The van der Waals surface area contributed by atoms with Crippen molar-refractivity contribution in [3.8, 4) is 0 Å². The standard InChI is InChI=1S/C22H32FN5O2S/c1-16(29-4)21-26-19(15-31-21)14-27(3)22(24-2)25-13-20(28-8-10-30-11-9-28)17-6-5-7-18(23)12-17/h5-7,12,15-16,20H,8-11,13-14H2,1-4H3,(H,24,25). The normalized spacial score (nSPS) is 17.4. The monoisotopic (exact) mass is 449 g/mol. The van der Waals surface area contributed by atoms with Gasteiger partial charge in [-0.25, -0.2) is 9.37 Å². The second-order valence-corrected chi connectivity index (χ2v) is 8.45. The van der Waals surface area contributed by atoms with Gasteiger partial charge < -0.3 is 19.7 Å². The van der Waals surface area contributed by atoms with Crippen LogP contribution in [0.15, 0.2) is 34.6 Å². The van der Waals surface area contributed by atoms with Crippen LogP contribution in [-0.4, -0.2) is 74.8 Å². The van der Waals surface area contributed by atoms with Gasteiger partial charge in [0.2, 0.25) is 0 Å². The van der Waals surface area contributed by atoms with Crippen molar-refractivity contribution in [3.63, 3.8) is 0 Å². The third-order valence-corrected chi connectivity index (χ3v) is 6.47. The topological polar surface area (TPSA) is 62.2 Å². The molecule has 1 aliphatic rings. The number of nitrogens with one attached hydrogen (secondary N) is 1. The van der Waals surface area contributed by atoms with E-state index in [1.54, 1.807) is 37.6 Å². The third-order valence-electron chi connectivity index (χ3n) is 5.42. The first-order valence-electron chi connectivity index (χ1n) is 10.5. The van der Waals surface area contributed by atoms with Crippen molar-refractivity contribution in [3.05, 3.63) is 51.7 Å². The number of thiazole rings is 1. The summed E-state index contributed by atoms with van der Waals surface area (Å²) in [6.07, 6.45) is -0.0120. The van der Waals surface area contributed by atoms with E-state index < -0.39 is 0 Å². The van der Waals surface area contributed by atoms with Gasteiger partial charge in [-0.3, -0.25) is 9.89 Å². The lowest BCUT2D eigenvalue weighted by molar-refractivity contribution is 0.0168. The molecule has 1 aromatic heterocycles. The summed E-state index contributed by atoms with van der Waals surface area (Å²) in [6, 6.07) is 6.86. The molecule has 0 bridgehead atoms. The Kier molecular flexibility index (Phi) is 8.77. The highest BCUT2D eigenvalue weighted by Crippen LogP contribution is 2.23. The fraction of sp³-hybridized carbons (Fsp3) is 0.545. The first-order chi connectivity index (χ1) is 15.0. The summed E-state index contributed by atoms with van der Waals surface area (Å²) < 4.78 is 24.8. The van der Waals surface area contributed by atoms with Crippen LogP contribution in [0.2, 0.25) is 0 Å². The number of aromatic nitrogens is 1. The Labute approximate surface area is 187 Å². The zero-order valence-corrected chi connectivity index (χ0v) is 19.5. The van der Waals surface area contributed by atoms with Crippen LogP contribution >= 0.6 is 11.3 Å². The van der Waals surface area contributed by atoms with Crippen molar-refractivity contribution >= 4 is 17.3 Å². The zero-order valence-electron chi connectivity index (χ0n) is 18.7. The molecular formula is C22H32FN5O2S. The molecule has 2 aromatic rings. The van der Waals surface area contributed by atoms with E-state index in [0.717, 1.165) is 35.3 Å². The van der Waals surface area contributed by atoms with Crippen LogP contribution in [-0.2, 0) is 16.0 Å². The van der Waals surface area contributed by atoms with Crippen LogP contribution in [0.3, 0.4) is 0 Å². The lowest BCUT2D eigenvalue weighted by Crippen LogP contribution is -2.46. The van der Waals surface area contributed by atoms with Gasteiger partial charge in [0.15, 0.2) is 5.96 Å². The fourth-order valence-electron chi connectivity index (χ4n) is 3.63. The molecule has 0 spiro atoms. The molecule has 1 fully saturated rings. The Morgan fingerprint density at radius 1 is 1.42 bits per heavy atom. The number of hydrogen-bond acceptors (Lipinski definition) is 6. The third kappa shape index (κ3) is 6.46. The van der Waals surface area contributed by atoms with Crippen molar-refractivity contribution in [2.75, 3.05) is 54.1 Å². The van der Waals surface area contributed by atoms with Gasteiger partial charge in [-0.15, -0.1) is 11.3 Å². The predicted octanol–water partition coefficient (Wildman–Crippen LogP) is 3.07. The lowest BCUT2D eigenvalue weighted by atomic mass is 10.0. The number of halogens is 1. The summed E-state index contributed by atoms with van der Waals surface area (Å²) in [4.78, 5) is 13.5. The summed E-state index contributed by atoms with van der Waals surface area (Å²) in [5, 5.41) is 6.49. The number of hydrogen-bond donors (Lipinski definition) is 1. The van der Waals surface area contributed by atoms with E-state index in [4.69, 9.17) is 9.47 Å². The van der Waals surface area contributed by atoms with Crippen molar-refractivity contribution in [1.29, 1.82) is 0 Å². The van der Waals surface area contributed by atoms with Gasteiger partial charge in [0.25, 0.3) is 0 Å². The van der Waals surface area contributed by atoms with E-state index >= 15 is 0 Å². The Hall–Kier alpha value is -2.07. The highest BCUT2D eigenvalue weighted by Gasteiger charge is 2.24. The first-order valence-corrected chi connectivity index (χ1v) is 11.4. The van der Waals surface area contributed by atoms with Crippen molar-refractivity contribution in [2.24, 2.45) is 4.99 Å². The molecule has 1 saturated heterocycles. The van der Waals surface area contributed by atoms with Crippen LogP contribution in [0, 0.1) is 5.82 Å². The van der Waals surface area contributed by atoms with Gasteiger partial charge in [0.1, 0.15) is 16.9 Å². The van der Waals surface area contributed by atoms with E-state index in [1.165, 1.54) is 6.07 Å². The number of benzene rings is 1. The molecule has 170 valence electrons. The van der Waals surface area contributed by atoms with Gasteiger partial charge in [0.05, 0.1) is 31.5 Å². The minimum Gasteiger partial charge on any atom is -0.379 e. The Morgan fingerprint density at radius 2 is 2.19 bits per heavy atom. The summed E-state index contributed by atoms with van der Waals surface area (Å²) >= 11 is 1.60. The van der Waals surface area contributed by atoms with Crippen molar-refractivity contribution in [2.45, 2.75) is 25.6 Å². The smallest absolute Gasteiger partial charge is 0.193 e. The van der Waals surface area contributed by atoms with Gasteiger partial charge in [-0.2, -0.15) is 0 Å². The minimum absolute atomic E-state index is 0.0120. The molecule has 0 amide bonds. The highest BCUT2D eigenvalue weighted by atomic mass is 32.1. The van der Waals surface area contributed by atoms with E-state index in [-0.39, 0.29) is 18.0 Å². The van der Waals surface area contributed by atoms with Crippen LogP contribution < -0.4 is 5.32 Å². The first kappa shape index (κ1) is 23.6. The summed E-state index contributed by atoms with van der Waals surface area (Å²) in [7, 11) is 5.44. The van der Waals surface area contributed by atoms with E-state index in [0.29, 0.717) is 26.3 Å². The van der Waals surface area contributed by atoms with Crippen LogP contribution in [0.1, 0.15) is 35.3 Å². The number of morpholine rings is 1. The molecule has 3 rings (SSSR count). The second kappa shape index (κ2) is 11.5. The average Bonchev–Trinajstić information content (AvgIpc) is 3.25. The maximum Gasteiger partial charge on any atom is 0.193 e. The molecule has 2 heterocycles. The van der Waals surface area contributed by atoms with Crippen LogP contribution in [0.5, 0.6) is 0 Å². The highest BCUT2D eigenvalue weighted by molar-refractivity contribution is 7.09. The molecule has 1 aromatic carbocycles. The van der Waals surface area contributed by atoms with Crippen LogP contribution in [0.4, 0.5) is 4.39 Å². The number of ether oxygens (including phenoxy) is 2. The molecule has 9 heteroatoms. The molecule has 1 N–H and O–H groups in total. The number of rotatable bonds is 8. The number of nitrogens with zero attached hydrogens (tertiary/aromatic N) is 4. The van der Waals surface area contributed by atoms with Crippen molar-refractivity contribution < 1.29 is 13.9 Å². The molecule has 2 atom stereocenters. The van der Waals surface area contributed by atoms with E-state index in [1.807, 2.05) is 24.9 Å². The Morgan fingerprint density at radius 3 is 2.87 bits per heavy atom. The fourth-order valence-corrected chi connectivity index (χ4v) is 4.48. The van der Waals surface area contributed by atoms with Gasteiger partial charge >= 0.3 is 0 Å². The SMILES string of the molecule is CN=C(NCC(c1cccc(F)c1)N1CCOCC1)N(C)Cc1csc(C(C)OC)n1. The molecule has 2 unspecified atom stereocenters. The lowest BCUT2D eigenvalue weighted by Gasteiger charge is -2.35. The van der Waals surface area contributed by atoms with E-state index in [2.05, 4.69) is 25.6 Å². The van der Waals surface area contributed by atoms with Crippen LogP contribution in [0.25, 0.3) is 0 Å². The maximum atomic E-state index is 13.9. The minimum atomic E-state index is -0.220.